The van der Waals surface area contributed by atoms with Crippen molar-refractivity contribution < 1.29 is 0 Å². The maximum atomic E-state index is 4.61. The van der Waals surface area contributed by atoms with Gasteiger partial charge in [-0.1, -0.05) is 24.3 Å². The molecule has 1 aromatic carbocycles. The Labute approximate surface area is 124 Å². The van der Waals surface area contributed by atoms with Crippen LogP contribution in [0.3, 0.4) is 0 Å². The summed E-state index contributed by atoms with van der Waals surface area (Å²) in [6, 6.07) is 10.7. The van der Waals surface area contributed by atoms with E-state index in [1.807, 2.05) is 32.7 Å². The SMILES string of the molecule is CNC(CCc1nccn1C)c1nccc2ccccc12. The van der Waals surface area contributed by atoms with Gasteiger partial charge >= 0.3 is 0 Å². The van der Waals surface area contributed by atoms with E-state index in [1.165, 1.54) is 10.8 Å². The summed E-state index contributed by atoms with van der Waals surface area (Å²) in [6.07, 6.45) is 7.63. The molecule has 2 heterocycles. The van der Waals surface area contributed by atoms with Crippen LogP contribution in [0.5, 0.6) is 0 Å². The number of pyridine rings is 1. The third-order valence-corrected chi connectivity index (χ3v) is 3.96. The zero-order chi connectivity index (χ0) is 14.7. The molecule has 0 amide bonds. The molecule has 2 aromatic heterocycles. The van der Waals surface area contributed by atoms with Crippen molar-refractivity contribution in [2.45, 2.75) is 18.9 Å². The molecular weight excluding hydrogens is 260 g/mol. The van der Waals surface area contributed by atoms with E-state index < -0.39 is 0 Å². The van der Waals surface area contributed by atoms with Crippen LogP contribution in [-0.4, -0.2) is 21.6 Å². The number of aryl methyl sites for hydroxylation is 2. The highest BCUT2D eigenvalue weighted by Gasteiger charge is 2.14. The predicted molar refractivity (Wildman–Crippen MR) is 85.1 cm³/mol. The number of aromatic nitrogens is 3. The van der Waals surface area contributed by atoms with E-state index in [2.05, 4.69) is 50.2 Å². The summed E-state index contributed by atoms with van der Waals surface area (Å²) in [7, 11) is 4.03. The van der Waals surface area contributed by atoms with E-state index in [0.717, 1.165) is 24.4 Å². The second kappa shape index (κ2) is 6.06. The summed E-state index contributed by atoms with van der Waals surface area (Å²) >= 11 is 0. The number of benzene rings is 1. The summed E-state index contributed by atoms with van der Waals surface area (Å²) < 4.78 is 2.07. The third kappa shape index (κ3) is 2.81. The molecule has 0 spiro atoms. The van der Waals surface area contributed by atoms with Gasteiger partial charge in [0, 0.05) is 37.4 Å². The van der Waals surface area contributed by atoms with Crippen molar-refractivity contribution in [3.63, 3.8) is 0 Å². The Balaban J connectivity index is 1.86. The highest BCUT2D eigenvalue weighted by molar-refractivity contribution is 5.84. The summed E-state index contributed by atoms with van der Waals surface area (Å²) in [5.74, 6) is 1.11. The van der Waals surface area contributed by atoms with Gasteiger partial charge < -0.3 is 9.88 Å². The number of nitrogens with zero attached hydrogens (tertiary/aromatic N) is 3. The van der Waals surface area contributed by atoms with Crippen LogP contribution in [0.4, 0.5) is 0 Å². The maximum absolute atomic E-state index is 4.61. The summed E-state index contributed by atoms with van der Waals surface area (Å²) in [5, 5.41) is 5.85. The van der Waals surface area contributed by atoms with E-state index in [4.69, 9.17) is 0 Å². The zero-order valence-corrected chi connectivity index (χ0v) is 12.5. The van der Waals surface area contributed by atoms with Crippen LogP contribution >= 0.6 is 0 Å². The number of hydrogen-bond donors (Lipinski definition) is 1. The van der Waals surface area contributed by atoms with Gasteiger partial charge in [0.15, 0.2) is 0 Å². The highest BCUT2D eigenvalue weighted by atomic mass is 15.0. The largest absolute Gasteiger partial charge is 0.338 e. The van der Waals surface area contributed by atoms with Gasteiger partial charge in [0.2, 0.25) is 0 Å². The minimum Gasteiger partial charge on any atom is -0.338 e. The third-order valence-electron chi connectivity index (χ3n) is 3.96. The summed E-state index contributed by atoms with van der Waals surface area (Å²) in [5.41, 5.74) is 1.12. The zero-order valence-electron chi connectivity index (χ0n) is 12.5. The normalized spacial score (nSPS) is 12.7. The van der Waals surface area contributed by atoms with Gasteiger partial charge in [0.25, 0.3) is 0 Å². The van der Waals surface area contributed by atoms with Crippen molar-refractivity contribution in [2.24, 2.45) is 7.05 Å². The first kappa shape index (κ1) is 13.8. The van der Waals surface area contributed by atoms with Crippen LogP contribution < -0.4 is 5.32 Å². The molecule has 1 N–H and O–H groups in total. The lowest BCUT2D eigenvalue weighted by atomic mass is 10.0. The molecule has 0 aliphatic rings. The quantitative estimate of drug-likeness (QED) is 0.781. The first-order chi connectivity index (χ1) is 10.3. The molecule has 0 aliphatic heterocycles. The molecule has 21 heavy (non-hydrogen) atoms. The summed E-state index contributed by atoms with van der Waals surface area (Å²) in [6.45, 7) is 0. The first-order valence-corrected chi connectivity index (χ1v) is 7.26. The van der Waals surface area contributed by atoms with Gasteiger partial charge in [-0.05, 0) is 24.9 Å². The van der Waals surface area contributed by atoms with Crippen molar-refractivity contribution in [1.29, 1.82) is 0 Å². The van der Waals surface area contributed by atoms with Gasteiger partial charge in [0.1, 0.15) is 5.82 Å². The lowest BCUT2D eigenvalue weighted by molar-refractivity contribution is 0.528. The van der Waals surface area contributed by atoms with Crippen molar-refractivity contribution in [1.82, 2.24) is 19.9 Å². The molecule has 3 aromatic rings. The number of imidazole rings is 1. The molecule has 108 valence electrons. The summed E-state index contributed by atoms with van der Waals surface area (Å²) in [4.78, 5) is 9.00. The average Bonchev–Trinajstić information content (AvgIpc) is 2.93. The molecule has 1 unspecified atom stereocenters. The lowest BCUT2D eigenvalue weighted by Crippen LogP contribution is -2.19. The van der Waals surface area contributed by atoms with Gasteiger partial charge in [-0.25, -0.2) is 4.98 Å². The molecule has 0 aliphatic carbocycles. The Morgan fingerprint density at radius 1 is 1.14 bits per heavy atom. The van der Waals surface area contributed by atoms with Crippen molar-refractivity contribution in [3.8, 4) is 0 Å². The topological polar surface area (TPSA) is 42.7 Å². The minimum atomic E-state index is 0.229. The fourth-order valence-corrected chi connectivity index (χ4v) is 2.75. The fraction of sp³-hybridized carbons (Fsp3) is 0.294. The Kier molecular flexibility index (Phi) is 3.97. The Morgan fingerprint density at radius 2 is 2.00 bits per heavy atom. The van der Waals surface area contributed by atoms with Crippen molar-refractivity contribution in [3.05, 3.63) is 60.4 Å². The molecule has 4 heteroatoms. The second-order valence-corrected chi connectivity index (χ2v) is 5.25. The number of nitrogens with one attached hydrogen (secondary N) is 1. The molecular formula is C17H20N4. The van der Waals surface area contributed by atoms with Gasteiger partial charge in [0.05, 0.1) is 11.7 Å². The van der Waals surface area contributed by atoms with Crippen LogP contribution in [0.15, 0.2) is 48.9 Å². The van der Waals surface area contributed by atoms with Crippen LogP contribution in [-0.2, 0) is 13.5 Å². The minimum absolute atomic E-state index is 0.229. The van der Waals surface area contributed by atoms with E-state index >= 15 is 0 Å². The molecule has 0 radical (unpaired) electrons. The van der Waals surface area contributed by atoms with E-state index in [9.17, 15) is 0 Å². The van der Waals surface area contributed by atoms with E-state index in [1.54, 1.807) is 0 Å². The van der Waals surface area contributed by atoms with Crippen LogP contribution in [0, 0.1) is 0 Å². The van der Waals surface area contributed by atoms with E-state index in [0.29, 0.717) is 0 Å². The Bertz CT molecular complexity index is 727. The molecule has 3 rings (SSSR count). The molecule has 0 saturated heterocycles. The molecule has 0 bridgehead atoms. The smallest absolute Gasteiger partial charge is 0.108 e. The molecule has 4 nitrogen and oxygen atoms in total. The monoisotopic (exact) mass is 280 g/mol. The van der Waals surface area contributed by atoms with Crippen molar-refractivity contribution >= 4 is 10.8 Å². The fourth-order valence-electron chi connectivity index (χ4n) is 2.75. The van der Waals surface area contributed by atoms with Gasteiger partial charge in [-0.2, -0.15) is 0 Å². The van der Waals surface area contributed by atoms with Crippen LogP contribution in [0.2, 0.25) is 0 Å². The van der Waals surface area contributed by atoms with Crippen molar-refractivity contribution in [2.75, 3.05) is 7.05 Å². The van der Waals surface area contributed by atoms with E-state index in [-0.39, 0.29) is 6.04 Å². The second-order valence-electron chi connectivity index (χ2n) is 5.25. The molecule has 1 atom stereocenters. The number of hydrogen-bond acceptors (Lipinski definition) is 3. The first-order valence-electron chi connectivity index (χ1n) is 7.26. The Morgan fingerprint density at radius 3 is 2.76 bits per heavy atom. The average molecular weight is 280 g/mol. The van der Waals surface area contributed by atoms with Gasteiger partial charge in [-0.15, -0.1) is 0 Å². The highest BCUT2D eigenvalue weighted by Crippen LogP contribution is 2.24. The maximum Gasteiger partial charge on any atom is 0.108 e. The number of rotatable bonds is 5. The van der Waals surface area contributed by atoms with Crippen LogP contribution in [0.25, 0.3) is 10.8 Å². The molecule has 0 saturated carbocycles. The van der Waals surface area contributed by atoms with Gasteiger partial charge in [-0.3, -0.25) is 4.98 Å². The molecule has 0 fully saturated rings. The predicted octanol–water partition coefficient (Wildman–Crippen LogP) is 2.86. The standard InChI is InChI=1S/C17H20N4/c1-18-15(7-8-16-19-11-12-21(16)2)17-14-6-4-3-5-13(14)9-10-20-17/h3-6,9-12,15,18H,7-8H2,1-2H3. The Hall–Kier alpha value is -2.20. The van der Waals surface area contributed by atoms with Crippen LogP contribution in [0.1, 0.15) is 24.0 Å². The lowest BCUT2D eigenvalue weighted by Gasteiger charge is -2.17. The number of fused-ring (bicyclic) bond motifs is 1.